The second-order valence-corrected chi connectivity index (χ2v) is 9.26. The van der Waals surface area contributed by atoms with Crippen LogP contribution in [0.1, 0.15) is 44.5 Å². The minimum Gasteiger partial charge on any atom is -0.458 e. The van der Waals surface area contributed by atoms with E-state index >= 15 is 0 Å². The van der Waals surface area contributed by atoms with E-state index in [1.54, 1.807) is 60.7 Å². The molecule has 0 aromatic heterocycles. The molecule has 0 aliphatic carbocycles. The maximum Gasteiger partial charge on any atom is 0.330 e. The van der Waals surface area contributed by atoms with Gasteiger partial charge in [-0.2, -0.15) is 0 Å². The summed E-state index contributed by atoms with van der Waals surface area (Å²) in [4.78, 5) is 46.7. The first-order chi connectivity index (χ1) is 22.3. The summed E-state index contributed by atoms with van der Waals surface area (Å²) in [5.74, 6) is 10.1. The van der Waals surface area contributed by atoms with Gasteiger partial charge in [0.1, 0.15) is 26.4 Å². The molecule has 3 aromatic carbocycles. The van der Waals surface area contributed by atoms with Crippen molar-refractivity contribution < 1.29 is 38.1 Å². The average molecular weight is 615 g/mol. The van der Waals surface area contributed by atoms with E-state index in [0.717, 1.165) is 35.4 Å². The molecule has 0 aliphatic heterocycles. The smallest absolute Gasteiger partial charge is 0.330 e. The van der Waals surface area contributed by atoms with Crippen molar-refractivity contribution in [3.63, 3.8) is 0 Å². The molecular weight excluding hydrogens is 584 g/mol. The van der Waals surface area contributed by atoms with Gasteiger partial charge in [-0.15, -0.1) is 0 Å². The second-order valence-electron chi connectivity index (χ2n) is 9.26. The Labute approximate surface area is 267 Å². The van der Waals surface area contributed by atoms with Gasteiger partial charge in [-0.3, -0.25) is 0 Å². The van der Waals surface area contributed by atoms with Crippen molar-refractivity contribution in [2.75, 3.05) is 0 Å². The lowest BCUT2D eigenvalue weighted by Crippen LogP contribution is -2.10. The van der Waals surface area contributed by atoms with Gasteiger partial charge in [-0.25, -0.2) is 19.2 Å². The molecule has 0 saturated carbocycles. The summed E-state index contributed by atoms with van der Waals surface area (Å²) in [5, 5.41) is 0. The van der Waals surface area contributed by atoms with Crippen LogP contribution in [0.15, 0.2) is 111 Å². The highest BCUT2D eigenvalue weighted by molar-refractivity contribution is 5.82. The van der Waals surface area contributed by atoms with E-state index in [4.69, 9.17) is 18.9 Å². The van der Waals surface area contributed by atoms with Crippen LogP contribution >= 0.6 is 0 Å². The monoisotopic (exact) mass is 614 g/mol. The maximum absolute atomic E-state index is 12.0. The summed E-state index contributed by atoms with van der Waals surface area (Å²) < 4.78 is 20.8. The summed E-state index contributed by atoms with van der Waals surface area (Å²) in [6, 6.07) is 17.7. The number of hydrogen-bond donors (Lipinski definition) is 0. The van der Waals surface area contributed by atoms with Crippen molar-refractivity contribution in [3.05, 3.63) is 156 Å². The van der Waals surface area contributed by atoms with Gasteiger partial charge in [-0.05, 0) is 47.5 Å². The van der Waals surface area contributed by atoms with Gasteiger partial charge in [-0.1, -0.05) is 74.3 Å². The number of hydrogen-bond acceptors (Lipinski definition) is 8. The van der Waals surface area contributed by atoms with Crippen LogP contribution < -0.4 is 0 Å². The highest BCUT2D eigenvalue weighted by Crippen LogP contribution is 2.22. The second kappa shape index (κ2) is 17.7. The van der Waals surface area contributed by atoms with E-state index < -0.39 is 23.9 Å². The van der Waals surface area contributed by atoms with Crippen molar-refractivity contribution in [1.82, 2.24) is 0 Å². The van der Waals surface area contributed by atoms with Crippen LogP contribution in [-0.2, 0) is 64.6 Å². The lowest BCUT2D eigenvalue weighted by molar-refractivity contribution is -0.140. The molecule has 0 amide bonds. The Hall–Kier alpha value is -6.38. The molecule has 0 aliphatic rings. The molecule has 46 heavy (non-hydrogen) atoms. The highest BCUT2D eigenvalue weighted by atomic mass is 16.5. The minimum absolute atomic E-state index is 0.0992. The first-order valence-electron chi connectivity index (χ1n) is 13.8. The van der Waals surface area contributed by atoms with Crippen molar-refractivity contribution in [2.24, 2.45) is 0 Å². The van der Waals surface area contributed by atoms with E-state index in [2.05, 4.69) is 50.0 Å². The minimum atomic E-state index is -0.643. The van der Waals surface area contributed by atoms with E-state index in [1.165, 1.54) is 0 Å². The summed E-state index contributed by atoms with van der Waals surface area (Å²) >= 11 is 0. The quantitative estimate of drug-likeness (QED) is 0.116. The molecular formula is C38H30O8. The van der Waals surface area contributed by atoms with Crippen LogP contribution in [-0.4, -0.2) is 23.9 Å². The predicted octanol–water partition coefficient (Wildman–Crippen LogP) is 5.40. The highest BCUT2D eigenvalue weighted by Gasteiger charge is 2.15. The SMILES string of the molecule is C=CC(=O)OCc1ccc(C#Cc2ccc(C#Cc3ccc(COC(=O)C=C)cc3)c(COC(=O)C=C)c2COC(=O)C=C)cc1. The molecule has 8 nitrogen and oxygen atoms in total. The molecule has 0 N–H and O–H groups in total. The van der Waals surface area contributed by atoms with Crippen molar-refractivity contribution in [3.8, 4) is 23.7 Å². The molecule has 0 fully saturated rings. The Balaban J connectivity index is 1.99. The largest absolute Gasteiger partial charge is 0.458 e. The third-order valence-electron chi connectivity index (χ3n) is 6.17. The Morgan fingerprint density at radius 3 is 1.07 bits per heavy atom. The molecule has 8 heteroatoms. The third kappa shape index (κ3) is 10.7. The Kier molecular flexibility index (Phi) is 13.1. The Morgan fingerprint density at radius 1 is 0.457 bits per heavy atom. The normalized spacial score (nSPS) is 9.57. The number of esters is 4. The van der Waals surface area contributed by atoms with Gasteiger partial charge in [0.25, 0.3) is 0 Å². The predicted molar refractivity (Wildman–Crippen MR) is 171 cm³/mol. The maximum atomic E-state index is 12.0. The van der Waals surface area contributed by atoms with Crippen LogP contribution in [0.25, 0.3) is 0 Å². The number of benzene rings is 3. The van der Waals surface area contributed by atoms with Gasteiger partial charge < -0.3 is 18.9 Å². The van der Waals surface area contributed by atoms with Gasteiger partial charge in [0.05, 0.1) is 0 Å². The van der Waals surface area contributed by atoms with E-state index in [-0.39, 0.29) is 26.4 Å². The fourth-order valence-electron chi connectivity index (χ4n) is 3.74. The standard InChI is InChI=1S/C38H30O8/c1-5-35(39)43-23-29-13-9-27(10-14-29)17-19-31-21-22-32(20-18-28-11-15-30(16-12-28)24-44-36(40)6-2)34(26-46-38(42)8-4)33(31)25-45-37(41)7-3/h5-16,21-22H,1-4,23-26H2. The van der Waals surface area contributed by atoms with E-state index in [9.17, 15) is 19.2 Å². The van der Waals surface area contributed by atoms with Gasteiger partial charge >= 0.3 is 23.9 Å². The number of ether oxygens (including phenoxy) is 4. The summed E-state index contributed by atoms with van der Waals surface area (Å²) in [6.07, 6.45) is 4.28. The molecule has 0 unspecified atom stereocenters. The molecule has 230 valence electrons. The van der Waals surface area contributed by atoms with Gasteiger partial charge in [0.2, 0.25) is 0 Å². The topological polar surface area (TPSA) is 105 Å². The van der Waals surface area contributed by atoms with Crippen LogP contribution in [0.2, 0.25) is 0 Å². The number of carbonyl (C=O) groups is 4. The van der Waals surface area contributed by atoms with Crippen LogP contribution in [0.3, 0.4) is 0 Å². The molecule has 3 aromatic rings. The molecule has 0 bridgehead atoms. The first-order valence-corrected chi connectivity index (χ1v) is 13.8. The molecule has 0 spiro atoms. The number of carbonyl (C=O) groups excluding carboxylic acids is 4. The van der Waals surface area contributed by atoms with Crippen LogP contribution in [0.5, 0.6) is 0 Å². The Morgan fingerprint density at radius 2 is 0.761 bits per heavy atom. The van der Waals surface area contributed by atoms with Crippen LogP contribution in [0.4, 0.5) is 0 Å². The van der Waals surface area contributed by atoms with E-state index in [1.807, 2.05) is 0 Å². The van der Waals surface area contributed by atoms with E-state index in [0.29, 0.717) is 33.4 Å². The summed E-state index contributed by atoms with van der Waals surface area (Å²) in [7, 11) is 0. The lowest BCUT2D eigenvalue weighted by atomic mass is 9.96. The lowest BCUT2D eigenvalue weighted by Gasteiger charge is -2.14. The van der Waals surface area contributed by atoms with Gasteiger partial charge in [0, 0.05) is 57.7 Å². The molecule has 0 heterocycles. The summed E-state index contributed by atoms with van der Waals surface area (Å²) in [5.41, 5.74) is 4.95. The Bertz CT molecular complexity index is 1640. The fourth-order valence-corrected chi connectivity index (χ4v) is 3.74. The van der Waals surface area contributed by atoms with Crippen molar-refractivity contribution >= 4 is 23.9 Å². The first kappa shape index (κ1) is 34.1. The number of rotatable bonds is 12. The zero-order valence-corrected chi connectivity index (χ0v) is 25.0. The molecule has 3 rings (SSSR count). The van der Waals surface area contributed by atoms with Crippen molar-refractivity contribution in [1.29, 1.82) is 0 Å². The summed E-state index contributed by atoms with van der Waals surface area (Å²) in [6.45, 7) is 13.5. The van der Waals surface area contributed by atoms with Gasteiger partial charge in [0.15, 0.2) is 0 Å². The van der Waals surface area contributed by atoms with Crippen molar-refractivity contribution in [2.45, 2.75) is 26.4 Å². The fraction of sp³-hybridized carbons (Fsp3) is 0.105. The zero-order chi connectivity index (χ0) is 33.3. The molecule has 0 saturated heterocycles. The molecule has 0 atom stereocenters. The average Bonchev–Trinajstić information content (AvgIpc) is 3.09. The van der Waals surface area contributed by atoms with Crippen LogP contribution in [0, 0.1) is 23.7 Å². The third-order valence-corrected chi connectivity index (χ3v) is 6.17. The zero-order valence-electron chi connectivity index (χ0n) is 25.0. The molecule has 0 radical (unpaired) electrons.